The molecule has 2 rings (SSSR count). The molecule has 1 saturated heterocycles. The quantitative estimate of drug-likeness (QED) is 0.610. The van der Waals surface area contributed by atoms with Crippen LogP contribution in [0.5, 0.6) is 0 Å². The Labute approximate surface area is 151 Å². The van der Waals surface area contributed by atoms with Gasteiger partial charge in [-0.1, -0.05) is 0 Å². The van der Waals surface area contributed by atoms with Crippen molar-refractivity contribution < 1.29 is 37.1 Å². The maximum atomic E-state index is 12.5. The molecular formula is C16H16F3N3O5. The summed E-state index contributed by atoms with van der Waals surface area (Å²) in [6, 6.07) is 3.07. The highest BCUT2D eigenvalue weighted by atomic mass is 19.4. The Hall–Kier alpha value is -3.11. The van der Waals surface area contributed by atoms with Crippen LogP contribution in [-0.2, 0) is 25.3 Å². The molecule has 0 bridgehead atoms. The van der Waals surface area contributed by atoms with Crippen LogP contribution in [-0.4, -0.2) is 59.9 Å². The normalized spacial score (nSPS) is 15.7. The molecule has 4 amide bonds. The number of anilines is 1. The molecule has 0 aromatic heterocycles. The lowest BCUT2D eigenvalue weighted by molar-refractivity contribution is -0.154. The molecule has 146 valence electrons. The van der Waals surface area contributed by atoms with Gasteiger partial charge in [0.2, 0.25) is 0 Å². The largest absolute Gasteiger partial charge is 0.451 e. The summed E-state index contributed by atoms with van der Waals surface area (Å²) in [5, 5.41) is 2.30. The van der Waals surface area contributed by atoms with Gasteiger partial charge in [0.1, 0.15) is 13.1 Å². The van der Waals surface area contributed by atoms with Gasteiger partial charge < -0.3 is 15.0 Å². The minimum absolute atomic E-state index is 0.0856. The van der Waals surface area contributed by atoms with Crippen LogP contribution < -0.4 is 5.32 Å². The molecule has 8 nitrogen and oxygen atoms in total. The third kappa shape index (κ3) is 4.96. The zero-order valence-corrected chi connectivity index (χ0v) is 14.4. The first-order valence-electron chi connectivity index (χ1n) is 7.72. The van der Waals surface area contributed by atoms with Gasteiger partial charge in [-0.25, -0.2) is 4.79 Å². The number of rotatable bonds is 5. The summed E-state index contributed by atoms with van der Waals surface area (Å²) in [6.07, 6.45) is -5.78. The average molecular weight is 387 g/mol. The molecular weight excluding hydrogens is 371 g/mol. The van der Waals surface area contributed by atoms with Crippen molar-refractivity contribution in [2.45, 2.75) is 19.2 Å². The number of urea groups is 1. The third-order valence-corrected chi connectivity index (χ3v) is 3.68. The number of halogens is 3. The summed E-state index contributed by atoms with van der Waals surface area (Å²) in [4.78, 5) is 48.9. The summed E-state index contributed by atoms with van der Waals surface area (Å²) in [5.74, 6) is -2.32. The van der Waals surface area contributed by atoms with E-state index in [0.29, 0.717) is 4.90 Å². The Morgan fingerprint density at radius 3 is 2.30 bits per heavy atom. The fourth-order valence-corrected chi connectivity index (χ4v) is 2.23. The molecule has 1 aliphatic rings. The van der Waals surface area contributed by atoms with Crippen LogP contribution in [0.25, 0.3) is 0 Å². The Bertz CT molecular complexity index is 764. The van der Waals surface area contributed by atoms with Crippen molar-refractivity contribution in [2.24, 2.45) is 0 Å². The Morgan fingerprint density at radius 1 is 1.22 bits per heavy atom. The van der Waals surface area contributed by atoms with Crippen molar-refractivity contribution in [3.8, 4) is 0 Å². The highest BCUT2D eigenvalue weighted by molar-refractivity contribution is 6.04. The summed E-state index contributed by atoms with van der Waals surface area (Å²) >= 11 is 0. The molecule has 1 aromatic rings. The molecule has 0 aliphatic carbocycles. The van der Waals surface area contributed by atoms with E-state index in [-0.39, 0.29) is 12.2 Å². The van der Waals surface area contributed by atoms with Gasteiger partial charge in [0, 0.05) is 12.7 Å². The number of alkyl halides is 3. The number of esters is 1. The SMILES string of the molecule is C[C@@H](OC(=O)CN1C(=O)CN(C)C1=O)C(=O)Nc1ccc(C(F)(F)F)cc1. The van der Waals surface area contributed by atoms with Crippen LogP contribution in [0.1, 0.15) is 12.5 Å². The molecule has 1 heterocycles. The van der Waals surface area contributed by atoms with Crippen molar-refractivity contribution >= 4 is 29.5 Å². The van der Waals surface area contributed by atoms with E-state index in [9.17, 15) is 32.3 Å². The second-order valence-corrected chi connectivity index (χ2v) is 5.81. The van der Waals surface area contributed by atoms with E-state index in [0.717, 1.165) is 29.2 Å². The predicted molar refractivity (Wildman–Crippen MR) is 85.4 cm³/mol. The second-order valence-electron chi connectivity index (χ2n) is 5.81. The van der Waals surface area contributed by atoms with E-state index < -0.39 is 48.2 Å². The van der Waals surface area contributed by atoms with Crippen molar-refractivity contribution in [2.75, 3.05) is 25.5 Å². The number of carbonyl (C=O) groups is 4. The fourth-order valence-electron chi connectivity index (χ4n) is 2.23. The van der Waals surface area contributed by atoms with Crippen LogP contribution in [0.15, 0.2) is 24.3 Å². The lowest BCUT2D eigenvalue weighted by Gasteiger charge is -2.17. The number of hydrogen-bond acceptors (Lipinski definition) is 5. The molecule has 1 atom stereocenters. The van der Waals surface area contributed by atoms with Crippen molar-refractivity contribution in [3.63, 3.8) is 0 Å². The lowest BCUT2D eigenvalue weighted by atomic mass is 10.2. The minimum Gasteiger partial charge on any atom is -0.451 e. The first kappa shape index (κ1) is 20.2. The number of hydrogen-bond donors (Lipinski definition) is 1. The van der Waals surface area contributed by atoms with E-state index >= 15 is 0 Å². The van der Waals surface area contributed by atoms with Crippen LogP contribution >= 0.6 is 0 Å². The maximum Gasteiger partial charge on any atom is 0.416 e. The first-order valence-corrected chi connectivity index (χ1v) is 7.72. The first-order chi connectivity index (χ1) is 12.5. The number of ether oxygens (including phenoxy) is 1. The second kappa shape index (κ2) is 7.64. The van der Waals surface area contributed by atoms with E-state index in [4.69, 9.17) is 4.74 Å². The van der Waals surface area contributed by atoms with Gasteiger partial charge in [-0.05, 0) is 31.2 Å². The molecule has 1 aromatic carbocycles. The molecule has 0 saturated carbocycles. The summed E-state index contributed by atoms with van der Waals surface area (Å²) in [7, 11) is 1.39. The number of amides is 4. The molecule has 1 fully saturated rings. The lowest BCUT2D eigenvalue weighted by Crippen LogP contribution is -2.39. The fraction of sp³-hybridized carbons (Fsp3) is 0.375. The van der Waals surface area contributed by atoms with Gasteiger partial charge in [-0.15, -0.1) is 0 Å². The van der Waals surface area contributed by atoms with Crippen LogP contribution in [0, 0.1) is 0 Å². The van der Waals surface area contributed by atoms with Crippen molar-refractivity contribution in [1.82, 2.24) is 9.80 Å². The monoisotopic (exact) mass is 387 g/mol. The van der Waals surface area contributed by atoms with Gasteiger partial charge in [-0.2, -0.15) is 13.2 Å². The highest BCUT2D eigenvalue weighted by Crippen LogP contribution is 2.29. The van der Waals surface area contributed by atoms with Crippen molar-refractivity contribution in [3.05, 3.63) is 29.8 Å². The van der Waals surface area contributed by atoms with Gasteiger partial charge >= 0.3 is 18.2 Å². The van der Waals surface area contributed by atoms with Crippen LogP contribution in [0.2, 0.25) is 0 Å². The van der Waals surface area contributed by atoms with E-state index in [1.807, 2.05) is 0 Å². The van der Waals surface area contributed by atoms with Crippen LogP contribution in [0.3, 0.4) is 0 Å². The molecule has 0 radical (unpaired) electrons. The van der Waals surface area contributed by atoms with Gasteiger partial charge in [0.25, 0.3) is 11.8 Å². The summed E-state index contributed by atoms with van der Waals surface area (Å²) < 4.78 is 42.4. The minimum atomic E-state index is -4.50. The van der Waals surface area contributed by atoms with Gasteiger partial charge in [0.05, 0.1) is 5.56 Å². The zero-order valence-electron chi connectivity index (χ0n) is 14.4. The number of carbonyl (C=O) groups excluding carboxylic acids is 4. The standard InChI is InChI=1S/C16H16F3N3O5/c1-9(27-13(24)8-22-12(23)7-21(2)15(22)26)14(25)20-11-5-3-10(4-6-11)16(17,18)19/h3-6,9H,7-8H2,1-2H3,(H,20,25)/t9-/m1/s1. The smallest absolute Gasteiger partial charge is 0.416 e. The number of nitrogens with one attached hydrogen (secondary N) is 1. The van der Waals surface area contributed by atoms with Gasteiger partial charge in [-0.3, -0.25) is 19.3 Å². The Morgan fingerprint density at radius 2 is 1.81 bits per heavy atom. The summed E-state index contributed by atoms with van der Waals surface area (Å²) in [5.41, 5.74) is -0.785. The van der Waals surface area contributed by atoms with E-state index in [1.54, 1.807) is 0 Å². The van der Waals surface area contributed by atoms with Gasteiger partial charge in [0.15, 0.2) is 6.10 Å². The molecule has 11 heteroatoms. The maximum absolute atomic E-state index is 12.5. The zero-order chi connectivity index (χ0) is 20.4. The molecule has 1 N–H and O–H groups in total. The molecule has 27 heavy (non-hydrogen) atoms. The Kier molecular flexibility index (Phi) is 5.72. The topological polar surface area (TPSA) is 96.0 Å². The molecule has 1 aliphatic heterocycles. The number of benzene rings is 1. The molecule has 0 spiro atoms. The van der Waals surface area contributed by atoms with Crippen LogP contribution in [0.4, 0.5) is 23.7 Å². The van der Waals surface area contributed by atoms with Crippen molar-refractivity contribution in [1.29, 1.82) is 0 Å². The third-order valence-electron chi connectivity index (χ3n) is 3.68. The van der Waals surface area contributed by atoms with E-state index in [1.165, 1.54) is 14.0 Å². The number of imide groups is 1. The average Bonchev–Trinajstić information content (AvgIpc) is 2.80. The number of nitrogens with zero attached hydrogens (tertiary/aromatic N) is 2. The predicted octanol–water partition coefficient (Wildman–Crippen LogP) is 1.47. The Balaban J connectivity index is 1.89. The molecule has 0 unspecified atom stereocenters. The number of likely N-dealkylation sites (N-methyl/N-ethyl adjacent to an activating group) is 1. The summed E-state index contributed by atoms with van der Waals surface area (Å²) in [6.45, 7) is 0.451. The highest BCUT2D eigenvalue weighted by Gasteiger charge is 2.35. The van der Waals surface area contributed by atoms with E-state index in [2.05, 4.69) is 5.32 Å².